The Morgan fingerprint density at radius 1 is 1.35 bits per heavy atom. The standard InChI is InChI=1S/C12H18O4S/c1-11(2)6(7(11)9(13)14-5)8-12(3,4)16-10(17)15-8/h6-8H,1-5H3/t6-,7+,8?/m1/s1. The topological polar surface area (TPSA) is 44.8 Å². The van der Waals surface area contributed by atoms with Crippen molar-refractivity contribution in [2.24, 2.45) is 17.3 Å². The SMILES string of the molecule is COC(=O)[C@@H]1[C@H](C2OC(=S)OC2(C)C)C1(C)C. The molecule has 0 bridgehead atoms. The highest BCUT2D eigenvalue weighted by Crippen LogP contribution is 2.63. The molecule has 1 saturated heterocycles. The molecule has 5 heteroatoms. The molecule has 4 nitrogen and oxygen atoms in total. The molecule has 0 N–H and O–H groups in total. The minimum absolute atomic E-state index is 0.0883. The Bertz CT molecular complexity index is 375. The highest BCUT2D eigenvalue weighted by Gasteiger charge is 2.70. The van der Waals surface area contributed by atoms with Gasteiger partial charge in [0.1, 0.15) is 11.7 Å². The van der Waals surface area contributed by atoms with Gasteiger partial charge in [0.2, 0.25) is 0 Å². The number of esters is 1. The predicted molar refractivity (Wildman–Crippen MR) is 65.4 cm³/mol. The van der Waals surface area contributed by atoms with E-state index < -0.39 is 5.60 Å². The quantitative estimate of drug-likeness (QED) is 0.559. The van der Waals surface area contributed by atoms with E-state index in [1.807, 2.05) is 27.7 Å². The first kappa shape index (κ1) is 12.6. The van der Waals surface area contributed by atoms with Crippen molar-refractivity contribution in [2.75, 3.05) is 7.11 Å². The van der Waals surface area contributed by atoms with E-state index in [4.69, 9.17) is 26.4 Å². The molecule has 0 spiro atoms. The van der Waals surface area contributed by atoms with Crippen molar-refractivity contribution in [1.82, 2.24) is 0 Å². The number of thiocarbonyl (C=S) groups is 1. The molecular formula is C12H18O4S. The Balaban J connectivity index is 2.20. The van der Waals surface area contributed by atoms with E-state index in [0.717, 1.165) is 0 Å². The van der Waals surface area contributed by atoms with E-state index in [2.05, 4.69) is 0 Å². The Morgan fingerprint density at radius 2 is 1.94 bits per heavy atom. The molecule has 1 aliphatic heterocycles. The number of rotatable bonds is 2. The van der Waals surface area contributed by atoms with Crippen molar-refractivity contribution < 1.29 is 19.0 Å². The molecule has 2 fully saturated rings. The number of carbonyl (C=O) groups excluding carboxylic acids is 1. The lowest BCUT2D eigenvalue weighted by Crippen LogP contribution is -2.36. The van der Waals surface area contributed by atoms with Crippen molar-refractivity contribution in [3.8, 4) is 0 Å². The molecule has 0 aromatic heterocycles. The number of carbonyl (C=O) groups is 1. The average molecular weight is 258 g/mol. The van der Waals surface area contributed by atoms with E-state index in [1.54, 1.807) is 0 Å². The van der Waals surface area contributed by atoms with Crippen LogP contribution in [0.4, 0.5) is 0 Å². The molecule has 17 heavy (non-hydrogen) atoms. The summed E-state index contributed by atoms with van der Waals surface area (Å²) in [5.74, 6) is -0.233. The summed E-state index contributed by atoms with van der Waals surface area (Å²) in [5.41, 5.74) is -0.611. The number of ether oxygens (including phenoxy) is 3. The second-order valence-electron chi connectivity index (χ2n) is 5.84. The third kappa shape index (κ3) is 1.80. The van der Waals surface area contributed by atoms with Crippen molar-refractivity contribution in [3.05, 3.63) is 0 Å². The van der Waals surface area contributed by atoms with Crippen molar-refractivity contribution in [1.29, 1.82) is 0 Å². The van der Waals surface area contributed by atoms with Gasteiger partial charge >= 0.3 is 11.2 Å². The summed E-state index contributed by atoms with van der Waals surface area (Å²) in [6.45, 7) is 7.94. The summed E-state index contributed by atoms with van der Waals surface area (Å²) < 4.78 is 15.9. The van der Waals surface area contributed by atoms with Crippen molar-refractivity contribution >= 4 is 23.4 Å². The normalized spacial score (nSPS) is 37.0. The van der Waals surface area contributed by atoms with Crippen LogP contribution in [0.2, 0.25) is 0 Å². The van der Waals surface area contributed by atoms with Crippen LogP contribution < -0.4 is 0 Å². The van der Waals surface area contributed by atoms with E-state index in [9.17, 15) is 4.79 Å². The van der Waals surface area contributed by atoms with Gasteiger partial charge in [-0.2, -0.15) is 0 Å². The van der Waals surface area contributed by atoms with Gasteiger partial charge in [-0.25, -0.2) is 0 Å². The van der Waals surface area contributed by atoms with Crippen LogP contribution in [0, 0.1) is 17.3 Å². The number of hydrogen-bond donors (Lipinski definition) is 0. The first-order chi connectivity index (χ1) is 7.71. The van der Waals surface area contributed by atoms with Crippen LogP contribution in [0.3, 0.4) is 0 Å². The van der Waals surface area contributed by atoms with Crippen LogP contribution in [0.25, 0.3) is 0 Å². The number of methoxy groups -OCH3 is 1. The minimum atomic E-state index is -0.484. The average Bonchev–Trinajstić information content (AvgIpc) is 2.63. The summed E-state index contributed by atoms with van der Waals surface area (Å²) in [6, 6.07) is 0. The fourth-order valence-corrected chi connectivity index (χ4v) is 3.19. The second-order valence-corrected chi connectivity index (χ2v) is 6.18. The molecule has 0 aromatic carbocycles. The maximum atomic E-state index is 11.7. The van der Waals surface area contributed by atoms with E-state index >= 15 is 0 Å². The van der Waals surface area contributed by atoms with Gasteiger partial charge in [-0.15, -0.1) is 0 Å². The third-order valence-corrected chi connectivity index (χ3v) is 4.13. The lowest BCUT2D eigenvalue weighted by molar-refractivity contribution is -0.143. The van der Waals surface area contributed by atoms with Gasteiger partial charge in [0, 0.05) is 18.1 Å². The largest absolute Gasteiger partial charge is 0.469 e. The van der Waals surface area contributed by atoms with Gasteiger partial charge in [-0.1, -0.05) is 13.8 Å². The summed E-state index contributed by atoms with van der Waals surface area (Å²) in [4.78, 5) is 11.7. The summed E-state index contributed by atoms with van der Waals surface area (Å²) >= 11 is 4.94. The molecule has 0 radical (unpaired) electrons. The maximum Gasteiger partial charge on any atom is 0.353 e. The van der Waals surface area contributed by atoms with Crippen LogP contribution in [-0.4, -0.2) is 30.0 Å². The van der Waals surface area contributed by atoms with Gasteiger partial charge in [0.05, 0.1) is 13.0 Å². The molecular weight excluding hydrogens is 240 g/mol. The first-order valence-corrected chi connectivity index (χ1v) is 6.10. The minimum Gasteiger partial charge on any atom is -0.469 e. The summed E-state index contributed by atoms with van der Waals surface area (Å²) in [7, 11) is 1.41. The number of hydrogen-bond acceptors (Lipinski definition) is 5. The predicted octanol–water partition coefficient (Wildman–Crippen LogP) is 1.91. The van der Waals surface area contributed by atoms with Gasteiger partial charge in [-0.3, -0.25) is 4.79 Å². The van der Waals surface area contributed by atoms with Gasteiger partial charge < -0.3 is 14.2 Å². The highest BCUT2D eigenvalue weighted by molar-refractivity contribution is 7.79. The fourth-order valence-electron chi connectivity index (χ4n) is 2.87. The van der Waals surface area contributed by atoms with Gasteiger partial charge in [-0.05, 0) is 19.3 Å². The Morgan fingerprint density at radius 3 is 2.35 bits per heavy atom. The molecule has 1 saturated carbocycles. The Hall–Kier alpha value is -0.840. The van der Waals surface area contributed by atoms with Gasteiger partial charge in [0.15, 0.2) is 0 Å². The molecule has 96 valence electrons. The van der Waals surface area contributed by atoms with Crippen molar-refractivity contribution in [2.45, 2.75) is 39.4 Å². The van der Waals surface area contributed by atoms with Crippen LogP contribution in [0.15, 0.2) is 0 Å². The van der Waals surface area contributed by atoms with E-state index in [1.165, 1.54) is 7.11 Å². The Kier molecular flexibility index (Phi) is 2.65. The Labute approximate surface area is 107 Å². The third-order valence-electron chi connectivity index (χ3n) is 3.95. The molecule has 1 unspecified atom stereocenters. The van der Waals surface area contributed by atoms with Crippen LogP contribution >= 0.6 is 12.2 Å². The molecule has 1 aliphatic carbocycles. The van der Waals surface area contributed by atoms with Gasteiger partial charge in [0.25, 0.3) is 0 Å². The van der Waals surface area contributed by atoms with E-state index in [-0.39, 0.29) is 34.6 Å². The molecule has 0 aromatic rings. The lowest BCUT2D eigenvalue weighted by atomic mass is 9.93. The first-order valence-electron chi connectivity index (χ1n) is 5.69. The molecule has 0 amide bonds. The van der Waals surface area contributed by atoms with Crippen molar-refractivity contribution in [3.63, 3.8) is 0 Å². The zero-order chi connectivity index (χ0) is 13.0. The zero-order valence-electron chi connectivity index (χ0n) is 10.8. The zero-order valence-corrected chi connectivity index (χ0v) is 11.6. The van der Waals surface area contributed by atoms with Crippen LogP contribution in [0.5, 0.6) is 0 Å². The van der Waals surface area contributed by atoms with Crippen LogP contribution in [-0.2, 0) is 19.0 Å². The smallest absolute Gasteiger partial charge is 0.353 e. The van der Waals surface area contributed by atoms with E-state index in [0.29, 0.717) is 0 Å². The monoisotopic (exact) mass is 258 g/mol. The van der Waals surface area contributed by atoms with Crippen LogP contribution in [0.1, 0.15) is 27.7 Å². The molecule has 3 atom stereocenters. The highest BCUT2D eigenvalue weighted by atomic mass is 32.1. The second kappa shape index (κ2) is 3.57. The molecule has 2 rings (SSSR count). The fraction of sp³-hybridized carbons (Fsp3) is 0.833. The summed E-state index contributed by atoms with van der Waals surface area (Å²) in [6.07, 6.45) is -0.186. The summed E-state index contributed by atoms with van der Waals surface area (Å²) in [5, 5.41) is 0.173. The molecule has 2 aliphatic rings. The maximum absolute atomic E-state index is 11.7. The lowest BCUT2D eigenvalue weighted by Gasteiger charge is -2.23. The molecule has 1 heterocycles.